The molecule has 0 saturated carbocycles. The molecule has 110 valence electrons. The van der Waals surface area contributed by atoms with Crippen LogP contribution >= 0.6 is 0 Å². The molecule has 2 rings (SSSR count). The van der Waals surface area contributed by atoms with Crippen LogP contribution in [0.25, 0.3) is 0 Å². The van der Waals surface area contributed by atoms with Crippen molar-refractivity contribution >= 4 is 5.78 Å². The minimum Gasteiger partial charge on any atom is -0.381 e. The summed E-state index contributed by atoms with van der Waals surface area (Å²) in [5, 5.41) is 0. The Morgan fingerprint density at radius 2 is 1.89 bits per heavy atom. The first-order valence-electron chi connectivity index (χ1n) is 7.47. The zero-order chi connectivity index (χ0) is 14.4. The molecule has 2 bridgehead atoms. The highest BCUT2D eigenvalue weighted by Crippen LogP contribution is 2.46. The molecule has 6 atom stereocenters. The van der Waals surface area contributed by atoms with E-state index in [1.165, 1.54) is 0 Å². The monoisotopic (exact) mass is 268 g/mol. The molecular formula is C16H28O3. The quantitative estimate of drug-likeness (QED) is 0.789. The lowest BCUT2D eigenvalue weighted by Gasteiger charge is -2.39. The zero-order valence-electron chi connectivity index (χ0n) is 13.1. The number of hydrogen-bond acceptors (Lipinski definition) is 3. The zero-order valence-corrected chi connectivity index (χ0v) is 13.1. The van der Waals surface area contributed by atoms with Crippen LogP contribution in [0.2, 0.25) is 0 Å². The number of carbonyl (C=O) groups excluding carboxylic acids is 1. The average Bonchev–Trinajstić information content (AvgIpc) is 2.68. The van der Waals surface area contributed by atoms with Gasteiger partial charge in [0.25, 0.3) is 0 Å². The van der Waals surface area contributed by atoms with Crippen molar-refractivity contribution < 1.29 is 14.3 Å². The van der Waals surface area contributed by atoms with Crippen molar-refractivity contribution in [3.8, 4) is 0 Å². The van der Waals surface area contributed by atoms with Crippen molar-refractivity contribution in [2.45, 2.75) is 65.8 Å². The van der Waals surface area contributed by atoms with Gasteiger partial charge in [0, 0.05) is 30.8 Å². The van der Waals surface area contributed by atoms with Crippen molar-refractivity contribution in [2.24, 2.45) is 23.2 Å². The van der Waals surface area contributed by atoms with Gasteiger partial charge in [-0.3, -0.25) is 4.79 Å². The maximum atomic E-state index is 12.3. The molecule has 2 aliphatic heterocycles. The third-order valence-corrected chi connectivity index (χ3v) is 5.03. The second kappa shape index (κ2) is 5.17. The van der Waals surface area contributed by atoms with Crippen LogP contribution in [-0.4, -0.2) is 31.2 Å². The minimum atomic E-state index is -0.244. The summed E-state index contributed by atoms with van der Waals surface area (Å²) >= 11 is 0. The molecule has 0 radical (unpaired) electrons. The number of rotatable bonds is 3. The maximum Gasteiger partial charge on any atom is 0.138 e. The van der Waals surface area contributed by atoms with Crippen molar-refractivity contribution in [2.75, 3.05) is 7.11 Å². The van der Waals surface area contributed by atoms with Gasteiger partial charge < -0.3 is 9.47 Å². The summed E-state index contributed by atoms with van der Waals surface area (Å²) < 4.78 is 11.8. The topological polar surface area (TPSA) is 35.5 Å². The fraction of sp³-hybridized carbons (Fsp3) is 0.938. The fourth-order valence-electron chi connectivity index (χ4n) is 3.74. The van der Waals surface area contributed by atoms with E-state index in [-0.39, 0.29) is 23.7 Å². The number of ketones is 1. The summed E-state index contributed by atoms with van der Waals surface area (Å²) in [4.78, 5) is 12.3. The molecule has 0 aromatic heterocycles. The molecule has 19 heavy (non-hydrogen) atoms. The lowest BCUT2D eigenvalue weighted by atomic mass is 9.80. The summed E-state index contributed by atoms with van der Waals surface area (Å²) in [5.74, 6) is 1.51. The van der Waals surface area contributed by atoms with E-state index in [0.29, 0.717) is 30.0 Å². The van der Waals surface area contributed by atoms with Gasteiger partial charge in [-0.05, 0) is 12.3 Å². The number of ether oxygens (including phenoxy) is 2. The van der Waals surface area contributed by atoms with Crippen LogP contribution in [0.1, 0.15) is 47.5 Å². The maximum absolute atomic E-state index is 12.3. The third-order valence-electron chi connectivity index (χ3n) is 5.03. The molecule has 0 amide bonds. The fourth-order valence-corrected chi connectivity index (χ4v) is 3.74. The molecule has 2 saturated heterocycles. The van der Waals surface area contributed by atoms with E-state index in [1.807, 2.05) is 20.8 Å². The molecule has 2 heterocycles. The Hall–Kier alpha value is -0.410. The van der Waals surface area contributed by atoms with E-state index in [1.54, 1.807) is 7.11 Å². The number of fused-ring (bicyclic) bond motifs is 2. The van der Waals surface area contributed by atoms with Gasteiger partial charge in [0.1, 0.15) is 5.78 Å². The highest BCUT2D eigenvalue weighted by Gasteiger charge is 2.51. The Kier molecular flexibility index (Phi) is 4.08. The van der Waals surface area contributed by atoms with Crippen LogP contribution < -0.4 is 0 Å². The number of hydrogen-bond donors (Lipinski definition) is 0. The molecule has 0 unspecified atom stereocenters. The van der Waals surface area contributed by atoms with Crippen molar-refractivity contribution in [1.82, 2.24) is 0 Å². The van der Waals surface area contributed by atoms with E-state index < -0.39 is 0 Å². The number of carbonyl (C=O) groups is 1. The molecule has 2 fully saturated rings. The highest BCUT2D eigenvalue weighted by atomic mass is 16.5. The Bertz CT molecular complexity index is 344. The minimum absolute atomic E-state index is 0.192. The Morgan fingerprint density at radius 3 is 2.42 bits per heavy atom. The predicted octanol–water partition coefficient (Wildman–Crippen LogP) is 3.07. The standard InChI is InChI=1S/C16H28O3/c1-9-12-7-11(8-13(17)16(3,4)5)15(19-12)10(2)14(9)18-6/h9-12,14-15H,7-8H2,1-6H3/t9-,10-,11+,12+,14-,15+/m0/s1. The first kappa shape index (κ1) is 15.0. The van der Waals surface area contributed by atoms with Gasteiger partial charge in [0.05, 0.1) is 18.3 Å². The van der Waals surface area contributed by atoms with E-state index in [0.717, 1.165) is 6.42 Å². The van der Waals surface area contributed by atoms with Gasteiger partial charge in [-0.25, -0.2) is 0 Å². The lowest BCUT2D eigenvalue weighted by molar-refractivity contribution is -0.146. The molecule has 2 aliphatic rings. The van der Waals surface area contributed by atoms with Crippen molar-refractivity contribution in [3.63, 3.8) is 0 Å². The van der Waals surface area contributed by atoms with Gasteiger partial charge in [-0.2, -0.15) is 0 Å². The second-order valence-corrected chi connectivity index (χ2v) is 7.43. The van der Waals surface area contributed by atoms with Crippen LogP contribution in [-0.2, 0) is 14.3 Å². The SMILES string of the molecule is CO[C@H]1[C@@H](C)[C@H]2C[C@H](CC(=O)C(C)(C)C)[C@H](O2)[C@H]1C. The van der Waals surface area contributed by atoms with Crippen LogP contribution in [0.5, 0.6) is 0 Å². The van der Waals surface area contributed by atoms with Gasteiger partial charge in [-0.1, -0.05) is 34.6 Å². The smallest absolute Gasteiger partial charge is 0.138 e. The van der Waals surface area contributed by atoms with Crippen LogP contribution in [0.4, 0.5) is 0 Å². The van der Waals surface area contributed by atoms with Crippen LogP contribution in [0.15, 0.2) is 0 Å². The van der Waals surface area contributed by atoms with E-state index in [4.69, 9.17) is 9.47 Å². The van der Waals surface area contributed by atoms with E-state index in [2.05, 4.69) is 13.8 Å². The van der Waals surface area contributed by atoms with Gasteiger partial charge in [0.15, 0.2) is 0 Å². The summed E-state index contributed by atoms with van der Waals surface area (Å²) in [6.07, 6.45) is 2.38. The van der Waals surface area contributed by atoms with Crippen LogP contribution in [0, 0.1) is 23.2 Å². The summed E-state index contributed by atoms with van der Waals surface area (Å²) in [6.45, 7) is 10.4. The first-order valence-corrected chi connectivity index (χ1v) is 7.47. The second-order valence-electron chi connectivity index (χ2n) is 7.43. The van der Waals surface area contributed by atoms with Gasteiger partial charge in [-0.15, -0.1) is 0 Å². The third kappa shape index (κ3) is 2.73. The highest BCUT2D eigenvalue weighted by molar-refractivity contribution is 5.83. The van der Waals surface area contributed by atoms with Crippen LogP contribution in [0.3, 0.4) is 0 Å². The van der Waals surface area contributed by atoms with E-state index >= 15 is 0 Å². The lowest BCUT2D eigenvalue weighted by Crippen LogP contribution is -2.45. The summed E-state index contributed by atoms with van der Waals surface area (Å²) in [6, 6.07) is 0. The number of methoxy groups -OCH3 is 1. The van der Waals surface area contributed by atoms with E-state index in [9.17, 15) is 4.79 Å². The number of Topliss-reactive ketones (excluding diaryl/α,β-unsaturated/α-hetero) is 1. The molecule has 3 nitrogen and oxygen atoms in total. The molecule has 3 heteroatoms. The molecule has 0 aliphatic carbocycles. The average molecular weight is 268 g/mol. The molecule has 0 N–H and O–H groups in total. The first-order chi connectivity index (χ1) is 8.75. The van der Waals surface area contributed by atoms with Crippen molar-refractivity contribution in [1.29, 1.82) is 0 Å². The normalized spacial score (nSPS) is 42.4. The van der Waals surface area contributed by atoms with Gasteiger partial charge in [0.2, 0.25) is 0 Å². The van der Waals surface area contributed by atoms with Crippen molar-refractivity contribution in [3.05, 3.63) is 0 Å². The summed E-state index contributed by atoms with van der Waals surface area (Å²) in [7, 11) is 1.79. The Balaban J connectivity index is 2.08. The molecule has 0 aromatic rings. The van der Waals surface area contributed by atoms with Gasteiger partial charge >= 0.3 is 0 Å². The predicted molar refractivity (Wildman–Crippen MR) is 75.0 cm³/mol. The Labute approximate surface area is 117 Å². The summed E-state index contributed by atoms with van der Waals surface area (Å²) in [5.41, 5.74) is -0.244. The molecule has 0 spiro atoms. The molecular weight excluding hydrogens is 240 g/mol. The largest absolute Gasteiger partial charge is 0.381 e. The Morgan fingerprint density at radius 1 is 1.26 bits per heavy atom. The molecule has 0 aromatic carbocycles.